The third kappa shape index (κ3) is 2.54. The molecular weight excluding hydrogens is 272 g/mol. The van der Waals surface area contributed by atoms with Crippen LogP contribution < -0.4 is 10.6 Å². The Morgan fingerprint density at radius 2 is 1.95 bits per heavy atom. The summed E-state index contributed by atoms with van der Waals surface area (Å²) in [6.07, 6.45) is 1.54. The van der Waals surface area contributed by atoms with Crippen molar-refractivity contribution in [1.29, 1.82) is 0 Å². The lowest BCUT2D eigenvalue weighted by Gasteiger charge is -2.22. The van der Waals surface area contributed by atoms with E-state index in [0.29, 0.717) is 17.2 Å². The van der Waals surface area contributed by atoms with Crippen molar-refractivity contribution in [2.75, 3.05) is 6.54 Å². The number of rotatable bonds is 2. The third-order valence-corrected chi connectivity index (χ3v) is 3.96. The molecule has 1 aromatic carbocycles. The fourth-order valence-corrected chi connectivity index (χ4v) is 2.87. The van der Waals surface area contributed by atoms with Crippen LogP contribution in [0.25, 0.3) is 0 Å². The molecule has 0 radical (unpaired) electrons. The Morgan fingerprint density at radius 3 is 2.55 bits per heavy atom. The second-order valence-electron chi connectivity index (χ2n) is 5.12. The highest BCUT2D eigenvalue weighted by molar-refractivity contribution is 7.80. The monoisotopic (exact) mass is 288 g/mol. The molecule has 0 aromatic heterocycles. The van der Waals surface area contributed by atoms with Gasteiger partial charge in [-0.2, -0.15) is 0 Å². The standard InChI is InChI=1S/C15H16N2O2S/c1-9-13(8-16-15(20)17-9)14(18)19-12-6-10-4-2-3-5-11(10)7-12/h2-5,12H,6-8H2,1H3,(H2,16,17,20). The maximum atomic E-state index is 12.2. The number of ether oxygens (including phenoxy) is 1. The highest BCUT2D eigenvalue weighted by atomic mass is 32.1. The largest absolute Gasteiger partial charge is 0.458 e. The Kier molecular flexibility index (Phi) is 3.44. The summed E-state index contributed by atoms with van der Waals surface area (Å²) in [5.41, 5.74) is 3.94. The Morgan fingerprint density at radius 1 is 1.30 bits per heavy atom. The molecule has 1 aliphatic heterocycles. The lowest BCUT2D eigenvalue weighted by Crippen LogP contribution is -2.43. The van der Waals surface area contributed by atoms with Crippen LogP contribution in [0, 0.1) is 0 Å². The van der Waals surface area contributed by atoms with Crippen molar-refractivity contribution in [2.45, 2.75) is 25.9 Å². The highest BCUT2D eigenvalue weighted by Crippen LogP contribution is 2.24. The van der Waals surface area contributed by atoms with E-state index in [1.165, 1.54) is 11.1 Å². The van der Waals surface area contributed by atoms with E-state index < -0.39 is 0 Å². The molecule has 1 heterocycles. The molecule has 5 heteroatoms. The summed E-state index contributed by atoms with van der Waals surface area (Å²) in [6, 6.07) is 8.23. The summed E-state index contributed by atoms with van der Waals surface area (Å²) in [6.45, 7) is 2.27. The van der Waals surface area contributed by atoms with Gasteiger partial charge in [0.2, 0.25) is 0 Å². The molecule has 2 N–H and O–H groups in total. The molecule has 1 aliphatic carbocycles. The van der Waals surface area contributed by atoms with Crippen molar-refractivity contribution in [2.24, 2.45) is 0 Å². The summed E-state index contributed by atoms with van der Waals surface area (Å²) < 4.78 is 5.62. The van der Waals surface area contributed by atoms with Crippen molar-refractivity contribution in [3.63, 3.8) is 0 Å². The van der Waals surface area contributed by atoms with E-state index >= 15 is 0 Å². The van der Waals surface area contributed by atoms with E-state index in [4.69, 9.17) is 17.0 Å². The van der Waals surface area contributed by atoms with Crippen LogP contribution in [-0.2, 0) is 22.4 Å². The fourth-order valence-electron chi connectivity index (χ4n) is 2.64. The van der Waals surface area contributed by atoms with Gasteiger partial charge >= 0.3 is 5.97 Å². The zero-order valence-electron chi connectivity index (χ0n) is 11.2. The van der Waals surface area contributed by atoms with E-state index in [0.717, 1.165) is 18.5 Å². The van der Waals surface area contributed by atoms with Crippen LogP contribution in [0.3, 0.4) is 0 Å². The molecule has 104 valence electrons. The number of hydrogen-bond acceptors (Lipinski definition) is 3. The molecule has 0 spiro atoms. The molecule has 2 aliphatic rings. The lowest BCUT2D eigenvalue weighted by atomic mass is 10.1. The van der Waals surface area contributed by atoms with Gasteiger partial charge in [-0.25, -0.2) is 4.79 Å². The molecule has 0 unspecified atom stereocenters. The number of hydrogen-bond donors (Lipinski definition) is 2. The third-order valence-electron chi connectivity index (χ3n) is 3.71. The summed E-state index contributed by atoms with van der Waals surface area (Å²) in [5.74, 6) is -0.261. The average molecular weight is 288 g/mol. The van der Waals surface area contributed by atoms with Crippen molar-refractivity contribution >= 4 is 23.3 Å². The molecule has 0 fully saturated rings. The van der Waals surface area contributed by atoms with Crippen LogP contribution in [-0.4, -0.2) is 23.7 Å². The zero-order chi connectivity index (χ0) is 14.1. The van der Waals surface area contributed by atoms with Crippen molar-refractivity contribution in [3.05, 3.63) is 46.7 Å². The van der Waals surface area contributed by atoms with E-state index in [1.54, 1.807) is 0 Å². The first-order chi connectivity index (χ1) is 9.63. The van der Waals surface area contributed by atoms with Gasteiger partial charge in [0.15, 0.2) is 5.11 Å². The summed E-state index contributed by atoms with van der Waals surface area (Å²) in [5, 5.41) is 6.45. The molecule has 0 bridgehead atoms. The Labute approximate surface area is 123 Å². The molecule has 0 amide bonds. The van der Waals surface area contributed by atoms with Gasteiger partial charge in [-0.1, -0.05) is 24.3 Å². The lowest BCUT2D eigenvalue weighted by molar-refractivity contribution is -0.143. The van der Waals surface area contributed by atoms with E-state index in [9.17, 15) is 4.79 Å². The summed E-state index contributed by atoms with van der Waals surface area (Å²) in [7, 11) is 0. The summed E-state index contributed by atoms with van der Waals surface area (Å²) in [4.78, 5) is 12.2. The number of benzene rings is 1. The Balaban J connectivity index is 1.67. The molecule has 20 heavy (non-hydrogen) atoms. The van der Waals surface area contributed by atoms with Gasteiger partial charge in [-0.3, -0.25) is 0 Å². The van der Waals surface area contributed by atoms with Gasteiger partial charge in [0, 0.05) is 18.5 Å². The topological polar surface area (TPSA) is 50.4 Å². The molecule has 0 saturated carbocycles. The number of carbonyl (C=O) groups is 1. The average Bonchev–Trinajstić information content (AvgIpc) is 2.80. The highest BCUT2D eigenvalue weighted by Gasteiger charge is 2.27. The van der Waals surface area contributed by atoms with E-state index in [2.05, 4.69) is 22.8 Å². The molecule has 0 atom stereocenters. The first-order valence-electron chi connectivity index (χ1n) is 6.66. The van der Waals surface area contributed by atoms with E-state index in [1.807, 2.05) is 19.1 Å². The van der Waals surface area contributed by atoms with Crippen molar-refractivity contribution in [3.8, 4) is 0 Å². The molecule has 4 nitrogen and oxygen atoms in total. The maximum absolute atomic E-state index is 12.2. The number of esters is 1. The smallest absolute Gasteiger partial charge is 0.337 e. The predicted molar refractivity (Wildman–Crippen MR) is 80.2 cm³/mol. The normalized spacial score (nSPS) is 18.4. The number of nitrogens with one attached hydrogen (secondary N) is 2. The van der Waals surface area contributed by atoms with Gasteiger partial charge in [-0.15, -0.1) is 0 Å². The van der Waals surface area contributed by atoms with Crippen LogP contribution in [0.15, 0.2) is 35.5 Å². The zero-order valence-corrected chi connectivity index (χ0v) is 12.0. The first kappa shape index (κ1) is 13.1. The first-order valence-corrected chi connectivity index (χ1v) is 7.06. The minimum absolute atomic E-state index is 0.0610. The van der Waals surface area contributed by atoms with Crippen molar-refractivity contribution in [1.82, 2.24) is 10.6 Å². The van der Waals surface area contributed by atoms with Gasteiger partial charge in [0.05, 0.1) is 12.1 Å². The van der Waals surface area contributed by atoms with Crippen LogP contribution in [0.2, 0.25) is 0 Å². The minimum atomic E-state index is -0.261. The Hall–Kier alpha value is -1.88. The minimum Gasteiger partial charge on any atom is -0.458 e. The second-order valence-corrected chi connectivity index (χ2v) is 5.52. The van der Waals surface area contributed by atoms with Crippen LogP contribution in [0.4, 0.5) is 0 Å². The number of fused-ring (bicyclic) bond motifs is 1. The van der Waals surface area contributed by atoms with E-state index in [-0.39, 0.29) is 12.1 Å². The molecule has 3 rings (SSSR count). The van der Waals surface area contributed by atoms with Crippen LogP contribution in [0.5, 0.6) is 0 Å². The summed E-state index contributed by atoms with van der Waals surface area (Å²) >= 11 is 5.00. The fraction of sp³-hybridized carbons (Fsp3) is 0.333. The SMILES string of the molecule is CC1=C(C(=O)OC2Cc3ccccc3C2)CNC(=S)N1. The number of thiocarbonyl (C=S) groups is 1. The van der Waals surface area contributed by atoms with Gasteiger partial charge in [-0.05, 0) is 30.3 Å². The predicted octanol–water partition coefficient (Wildman–Crippen LogP) is 1.45. The van der Waals surface area contributed by atoms with Crippen molar-refractivity contribution < 1.29 is 9.53 Å². The van der Waals surface area contributed by atoms with Crippen LogP contribution in [0.1, 0.15) is 18.1 Å². The second kappa shape index (κ2) is 5.25. The van der Waals surface area contributed by atoms with Gasteiger partial charge in [0.25, 0.3) is 0 Å². The number of carbonyl (C=O) groups excluding carboxylic acids is 1. The Bertz CT molecular complexity index is 585. The molecule has 1 aromatic rings. The van der Waals surface area contributed by atoms with Gasteiger partial charge in [0.1, 0.15) is 6.10 Å². The molecule has 0 saturated heterocycles. The molecular formula is C15H16N2O2S. The van der Waals surface area contributed by atoms with Gasteiger partial charge < -0.3 is 15.4 Å². The van der Waals surface area contributed by atoms with Crippen LogP contribution >= 0.6 is 12.2 Å². The number of allylic oxidation sites excluding steroid dienone is 1. The quantitative estimate of drug-likeness (QED) is 0.637. The maximum Gasteiger partial charge on any atom is 0.337 e.